The first-order valence-electron chi connectivity index (χ1n) is 4.31. The molecule has 1 aromatic carbocycles. The van der Waals surface area contributed by atoms with E-state index in [2.05, 4.69) is 5.92 Å². The van der Waals surface area contributed by atoms with Gasteiger partial charge in [-0.3, -0.25) is 0 Å². The topological polar surface area (TPSA) is 17.1 Å². The summed E-state index contributed by atoms with van der Waals surface area (Å²) in [6.07, 6.45) is 8.25. The molecule has 1 heteroatoms. The molecule has 0 heterocycles. The van der Waals surface area contributed by atoms with E-state index in [1.807, 2.05) is 24.3 Å². The summed E-state index contributed by atoms with van der Waals surface area (Å²) in [5, 5.41) is 0. The second kappa shape index (κ2) is 5.16. The summed E-state index contributed by atoms with van der Waals surface area (Å²) in [7, 11) is 0. The first-order valence-corrected chi connectivity index (χ1v) is 4.31. The van der Waals surface area contributed by atoms with Crippen molar-refractivity contribution >= 4 is 6.29 Å². The van der Waals surface area contributed by atoms with Crippen molar-refractivity contribution in [1.82, 2.24) is 0 Å². The highest BCUT2D eigenvalue weighted by Gasteiger charge is 1.93. The number of aryl methyl sites for hydroxylation is 1. The van der Waals surface area contributed by atoms with Gasteiger partial charge in [-0.1, -0.05) is 24.3 Å². The number of carbonyl (C=O) groups excluding carboxylic acids is 1. The van der Waals surface area contributed by atoms with E-state index in [0.29, 0.717) is 6.42 Å². The SMILES string of the molecule is C#CCCc1ccc(CC=O)cc1. The molecule has 1 nitrogen and oxygen atoms in total. The molecule has 0 unspecified atom stereocenters. The van der Waals surface area contributed by atoms with Gasteiger partial charge in [-0.25, -0.2) is 0 Å². The van der Waals surface area contributed by atoms with Crippen LogP contribution in [0.25, 0.3) is 0 Å². The molecule has 0 radical (unpaired) electrons. The molecule has 1 rings (SSSR count). The van der Waals surface area contributed by atoms with Crippen molar-refractivity contribution in [2.75, 3.05) is 0 Å². The highest BCUT2D eigenvalue weighted by Crippen LogP contribution is 2.06. The lowest BCUT2D eigenvalue weighted by Crippen LogP contribution is -1.87. The Bertz CT molecular complexity index is 303. The second-order valence-corrected chi connectivity index (χ2v) is 2.89. The maximum absolute atomic E-state index is 10.2. The fourth-order valence-corrected chi connectivity index (χ4v) is 1.15. The Kier molecular flexibility index (Phi) is 3.78. The maximum Gasteiger partial charge on any atom is 0.124 e. The Hall–Kier alpha value is -1.55. The molecule has 0 aliphatic rings. The number of carbonyl (C=O) groups is 1. The van der Waals surface area contributed by atoms with Crippen molar-refractivity contribution < 1.29 is 4.79 Å². The molecule has 66 valence electrons. The molecule has 0 N–H and O–H groups in total. The van der Waals surface area contributed by atoms with Crippen molar-refractivity contribution in [3.63, 3.8) is 0 Å². The normalized spacial score (nSPS) is 9.15. The molecule has 0 bridgehead atoms. The van der Waals surface area contributed by atoms with Crippen molar-refractivity contribution in [2.24, 2.45) is 0 Å². The fraction of sp³-hybridized carbons (Fsp3) is 0.250. The first-order chi connectivity index (χ1) is 6.36. The molecule has 0 atom stereocenters. The van der Waals surface area contributed by atoms with E-state index in [1.54, 1.807) is 0 Å². The average molecular weight is 172 g/mol. The van der Waals surface area contributed by atoms with Gasteiger partial charge in [0, 0.05) is 12.8 Å². The van der Waals surface area contributed by atoms with E-state index < -0.39 is 0 Å². The van der Waals surface area contributed by atoms with Gasteiger partial charge in [0.15, 0.2) is 0 Å². The Morgan fingerprint density at radius 2 is 1.85 bits per heavy atom. The largest absolute Gasteiger partial charge is 0.303 e. The molecule has 13 heavy (non-hydrogen) atoms. The fourth-order valence-electron chi connectivity index (χ4n) is 1.15. The molecule has 0 spiro atoms. The van der Waals surface area contributed by atoms with E-state index in [1.165, 1.54) is 5.56 Å². The predicted molar refractivity (Wildman–Crippen MR) is 53.4 cm³/mol. The molecule has 0 aliphatic heterocycles. The monoisotopic (exact) mass is 172 g/mol. The standard InChI is InChI=1S/C12H12O/c1-2-3-4-11-5-7-12(8-6-11)9-10-13/h1,5-8,10H,3-4,9H2. The van der Waals surface area contributed by atoms with Crippen LogP contribution in [0.4, 0.5) is 0 Å². The minimum atomic E-state index is 0.495. The Morgan fingerprint density at radius 1 is 1.23 bits per heavy atom. The smallest absolute Gasteiger partial charge is 0.124 e. The van der Waals surface area contributed by atoms with E-state index in [9.17, 15) is 4.79 Å². The zero-order chi connectivity index (χ0) is 9.52. The van der Waals surface area contributed by atoms with Crippen molar-refractivity contribution in [3.05, 3.63) is 35.4 Å². The summed E-state index contributed by atoms with van der Waals surface area (Å²) < 4.78 is 0. The Morgan fingerprint density at radius 3 is 2.38 bits per heavy atom. The predicted octanol–water partition coefficient (Wildman–Crippen LogP) is 1.99. The quantitative estimate of drug-likeness (QED) is 0.501. The molecule has 0 aliphatic carbocycles. The minimum Gasteiger partial charge on any atom is -0.303 e. The maximum atomic E-state index is 10.2. The Balaban J connectivity index is 2.59. The lowest BCUT2D eigenvalue weighted by atomic mass is 10.1. The molecular weight excluding hydrogens is 160 g/mol. The van der Waals surface area contributed by atoms with Gasteiger partial charge < -0.3 is 4.79 Å². The van der Waals surface area contributed by atoms with Crippen LogP contribution in [-0.2, 0) is 17.6 Å². The van der Waals surface area contributed by atoms with Crippen LogP contribution in [0, 0.1) is 12.3 Å². The summed E-state index contributed by atoms with van der Waals surface area (Å²) in [6, 6.07) is 7.99. The number of hydrogen-bond acceptors (Lipinski definition) is 1. The zero-order valence-electron chi connectivity index (χ0n) is 7.49. The highest BCUT2D eigenvalue weighted by atomic mass is 16.1. The third-order valence-corrected chi connectivity index (χ3v) is 1.90. The van der Waals surface area contributed by atoms with E-state index in [0.717, 1.165) is 24.7 Å². The molecule has 0 fully saturated rings. The van der Waals surface area contributed by atoms with Gasteiger partial charge in [-0.05, 0) is 17.5 Å². The van der Waals surface area contributed by atoms with Gasteiger partial charge in [0.05, 0.1) is 0 Å². The molecule has 0 aromatic heterocycles. The summed E-state index contributed by atoms with van der Waals surface area (Å²) in [5.74, 6) is 2.60. The minimum absolute atomic E-state index is 0.495. The van der Waals surface area contributed by atoms with Crippen LogP contribution in [0.5, 0.6) is 0 Å². The Labute approximate surface area is 78.8 Å². The number of benzene rings is 1. The van der Waals surface area contributed by atoms with Gasteiger partial charge in [0.1, 0.15) is 6.29 Å². The van der Waals surface area contributed by atoms with Gasteiger partial charge in [0.2, 0.25) is 0 Å². The van der Waals surface area contributed by atoms with Crippen LogP contribution in [0.2, 0.25) is 0 Å². The summed E-state index contributed by atoms with van der Waals surface area (Å²) in [5.41, 5.74) is 2.28. The second-order valence-electron chi connectivity index (χ2n) is 2.89. The van der Waals surface area contributed by atoms with Crippen molar-refractivity contribution in [3.8, 4) is 12.3 Å². The lowest BCUT2D eigenvalue weighted by Gasteiger charge is -1.99. The first kappa shape index (κ1) is 9.54. The van der Waals surface area contributed by atoms with E-state index >= 15 is 0 Å². The van der Waals surface area contributed by atoms with Crippen LogP contribution in [0.15, 0.2) is 24.3 Å². The summed E-state index contributed by atoms with van der Waals surface area (Å²) >= 11 is 0. The van der Waals surface area contributed by atoms with Crippen molar-refractivity contribution in [1.29, 1.82) is 0 Å². The molecule has 0 amide bonds. The molecule has 1 aromatic rings. The van der Waals surface area contributed by atoms with E-state index in [4.69, 9.17) is 6.42 Å². The van der Waals surface area contributed by atoms with Crippen LogP contribution in [-0.4, -0.2) is 6.29 Å². The zero-order valence-corrected chi connectivity index (χ0v) is 7.49. The van der Waals surface area contributed by atoms with Gasteiger partial charge >= 0.3 is 0 Å². The average Bonchev–Trinajstić information content (AvgIpc) is 2.17. The number of hydrogen-bond donors (Lipinski definition) is 0. The van der Waals surface area contributed by atoms with Gasteiger partial charge in [-0.2, -0.15) is 0 Å². The van der Waals surface area contributed by atoms with Crippen LogP contribution in [0.3, 0.4) is 0 Å². The summed E-state index contributed by atoms with van der Waals surface area (Å²) in [4.78, 5) is 10.2. The molecule has 0 saturated heterocycles. The van der Waals surface area contributed by atoms with Crippen LogP contribution >= 0.6 is 0 Å². The third-order valence-electron chi connectivity index (χ3n) is 1.90. The van der Waals surface area contributed by atoms with Gasteiger partial charge in [-0.15, -0.1) is 12.3 Å². The summed E-state index contributed by atoms with van der Waals surface area (Å²) in [6.45, 7) is 0. The third kappa shape index (κ3) is 3.13. The van der Waals surface area contributed by atoms with Crippen LogP contribution < -0.4 is 0 Å². The molecular formula is C12H12O. The molecule has 0 saturated carbocycles. The van der Waals surface area contributed by atoms with Gasteiger partial charge in [0.25, 0.3) is 0 Å². The number of terminal acetylenes is 1. The number of aldehydes is 1. The lowest BCUT2D eigenvalue weighted by molar-refractivity contribution is -0.107. The van der Waals surface area contributed by atoms with Crippen molar-refractivity contribution in [2.45, 2.75) is 19.3 Å². The van der Waals surface area contributed by atoms with E-state index in [-0.39, 0.29) is 0 Å². The number of rotatable bonds is 4. The highest BCUT2D eigenvalue weighted by molar-refractivity contribution is 5.54. The van der Waals surface area contributed by atoms with Crippen LogP contribution in [0.1, 0.15) is 17.5 Å².